The van der Waals surface area contributed by atoms with Gasteiger partial charge in [-0.3, -0.25) is 14.4 Å². The van der Waals surface area contributed by atoms with Gasteiger partial charge in [-0.2, -0.15) is 4.31 Å². The van der Waals surface area contributed by atoms with Crippen molar-refractivity contribution < 1.29 is 17.9 Å². The van der Waals surface area contributed by atoms with Crippen molar-refractivity contribution in [3.63, 3.8) is 0 Å². The predicted molar refractivity (Wildman–Crippen MR) is 127 cm³/mol. The Morgan fingerprint density at radius 3 is 2.42 bits per heavy atom. The van der Waals surface area contributed by atoms with E-state index in [4.69, 9.17) is 9.73 Å². The van der Waals surface area contributed by atoms with E-state index in [1.165, 1.54) is 21.4 Å². The Morgan fingerprint density at radius 2 is 1.73 bits per heavy atom. The van der Waals surface area contributed by atoms with E-state index in [1.54, 1.807) is 24.4 Å². The van der Waals surface area contributed by atoms with Crippen molar-refractivity contribution in [2.75, 3.05) is 13.1 Å². The summed E-state index contributed by atoms with van der Waals surface area (Å²) >= 11 is 0. The molecule has 2 heterocycles. The van der Waals surface area contributed by atoms with Gasteiger partial charge in [0.1, 0.15) is 5.49 Å². The number of morpholine rings is 1. The first-order valence-corrected chi connectivity index (χ1v) is 13.2. The van der Waals surface area contributed by atoms with E-state index in [2.05, 4.69) is 0 Å². The van der Waals surface area contributed by atoms with Crippen LogP contribution >= 0.6 is 0 Å². The van der Waals surface area contributed by atoms with Crippen LogP contribution in [0.3, 0.4) is 0 Å². The SMILES string of the molecule is Cc1ccn(C(=O)c2cccc(S(=O)(=O)N3CC(C)OC(C)C3)c2)c(=NC2CCCCC2)c1. The Kier molecular flexibility index (Phi) is 7.16. The molecular formula is C25H33N3O4S. The second-order valence-electron chi connectivity index (χ2n) is 9.27. The number of hydrogen-bond donors (Lipinski definition) is 0. The van der Waals surface area contributed by atoms with E-state index in [1.807, 2.05) is 32.9 Å². The van der Waals surface area contributed by atoms with Gasteiger partial charge in [0.15, 0.2) is 0 Å². The molecule has 33 heavy (non-hydrogen) atoms. The first-order valence-electron chi connectivity index (χ1n) is 11.8. The van der Waals surface area contributed by atoms with Crippen molar-refractivity contribution in [2.45, 2.75) is 76.0 Å². The maximum atomic E-state index is 13.5. The lowest BCUT2D eigenvalue weighted by Gasteiger charge is -2.34. The van der Waals surface area contributed by atoms with E-state index in [-0.39, 0.29) is 29.1 Å². The van der Waals surface area contributed by atoms with Crippen LogP contribution in [-0.4, -0.2) is 54.5 Å². The molecule has 1 aromatic heterocycles. The van der Waals surface area contributed by atoms with Crippen molar-refractivity contribution in [3.8, 4) is 0 Å². The molecule has 178 valence electrons. The van der Waals surface area contributed by atoms with E-state index < -0.39 is 10.0 Å². The number of ether oxygens (including phenoxy) is 1. The third-order valence-corrected chi connectivity index (χ3v) is 8.13. The molecular weight excluding hydrogens is 438 g/mol. The Balaban J connectivity index is 1.67. The van der Waals surface area contributed by atoms with E-state index in [0.29, 0.717) is 24.1 Å². The fraction of sp³-hybridized carbons (Fsp3) is 0.520. The number of carbonyl (C=O) groups excluding carboxylic acids is 1. The van der Waals surface area contributed by atoms with Crippen molar-refractivity contribution >= 4 is 15.9 Å². The number of aromatic nitrogens is 1. The smallest absolute Gasteiger partial charge is 0.263 e. The molecule has 1 aliphatic carbocycles. The molecule has 7 nitrogen and oxygen atoms in total. The Hall–Kier alpha value is -2.29. The summed E-state index contributed by atoms with van der Waals surface area (Å²) in [4.78, 5) is 18.5. The van der Waals surface area contributed by atoms with Crippen LogP contribution in [0.1, 0.15) is 61.9 Å². The van der Waals surface area contributed by atoms with E-state index in [0.717, 1.165) is 31.2 Å². The quantitative estimate of drug-likeness (QED) is 0.683. The summed E-state index contributed by atoms with van der Waals surface area (Å²) in [6, 6.07) is 10.3. The van der Waals surface area contributed by atoms with Gasteiger partial charge in [-0.05, 0) is 69.5 Å². The predicted octanol–water partition coefficient (Wildman–Crippen LogP) is 3.52. The topological polar surface area (TPSA) is 81.0 Å². The highest BCUT2D eigenvalue weighted by molar-refractivity contribution is 7.89. The highest BCUT2D eigenvalue weighted by atomic mass is 32.2. The van der Waals surface area contributed by atoms with Gasteiger partial charge in [-0.1, -0.05) is 25.3 Å². The lowest BCUT2D eigenvalue weighted by atomic mass is 9.96. The van der Waals surface area contributed by atoms with Gasteiger partial charge in [0.25, 0.3) is 5.91 Å². The molecule has 1 aliphatic heterocycles. The molecule has 1 saturated carbocycles. The first-order chi connectivity index (χ1) is 15.7. The summed E-state index contributed by atoms with van der Waals surface area (Å²) in [5.74, 6) is -0.287. The second-order valence-corrected chi connectivity index (χ2v) is 11.2. The maximum Gasteiger partial charge on any atom is 0.263 e. The van der Waals surface area contributed by atoms with Crippen LogP contribution in [0.5, 0.6) is 0 Å². The summed E-state index contributed by atoms with van der Waals surface area (Å²) in [5.41, 5.74) is 1.97. The lowest BCUT2D eigenvalue weighted by Crippen LogP contribution is -2.48. The summed E-state index contributed by atoms with van der Waals surface area (Å²) < 4.78 is 35.3. The molecule has 0 bridgehead atoms. The van der Waals surface area contributed by atoms with Gasteiger partial charge in [-0.15, -0.1) is 0 Å². The van der Waals surface area contributed by atoms with Crippen LogP contribution in [-0.2, 0) is 14.8 Å². The molecule has 0 spiro atoms. The number of aryl methyl sites for hydroxylation is 1. The normalized spacial score (nSPS) is 23.5. The number of sulfonamides is 1. The summed E-state index contributed by atoms with van der Waals surface area (Å²) in [5, 5.41) is 0. The molecule has 1 saturated heterocycles. The number of pyridine rings is 1. The molecule has 2 atom stereocenters. The second kappa shape index (κ2) is 9.91. The highest BCUT2D eigenvalue weighted by Crippen LogP contribution is 2.23. The maximum absolute atomic E-state index is 13.5. The molecule has 8 heteroatoms. The van der Waals surface area contributed by atoms with Gasteiger partial charge in [-0.25, -0.2) is 8.42 Å². The lowest BCUT2D eigenvalue weighted by molar-refractivity contribution is -0.0440. The zero-order chi connectivity index (χ0) is 23.6. The van der Waals surface area contributed by atoms with Gasteiger partial charge in [0.05, 0.1) is 23.1 Å². The molecule has 1 aromatic carbocycles. The van der Waals surface area contributed by atoms with Crippen LogP contribution in [0.15, 0.2) is 52.5 Å². The minimum atomic E-state index is -3.74. The van der Waals surface area contributed by atoms with Crippen LogP contribution in [0, 0.1) is 6.92 Å². The Morgan fingerprint density at radius 1 is 1.03 bits per heavy atom. The first kappa shape index (κ1) is 23.9. The third-order valence-electron chi connectivity index (χ3n) is 6.30. The van der Waals surface area contributed by atoms with Crippen molar-refractivity contribution in [1.29, 1.82) is 0 Å². The molecule has 2 aromatic rings. The average molecular weight is 472 g/mol. The van der Waals surface area contributed by atoms with Crippen molar-refractivity contribution in [2.24, 2.45) is 4.99 Å². The highest BCUT2D eigenvalue weighted by Gasteiger charge is 2.32. The average Bonchev–Trinajstić information content (AvgIpc) is 2.79. The van der Waals surface area contributed by atoms with Crippen LogP contribution in [0.2, 0.25) is 0 Å². The van der Waals surface area contributed by atoms with Gasteiger partial charge < -0.3 is 4.74 Å². The monoisotopic (exact) mass is 471 g/mol. The van der Waals surface area contributed by atoms with Gasteiger partial charge >= 0.3 is 0 Å². The molecule has 2 unspecified atom stereocenters. The van der Waals surface area contributed by atoms with E-state index >= 15 is 0 Å². The standard InChI is InChI=1S/C25H33N3O4S/c1-18-12-13-28(24(14-18)26-22-9-5-4-6-10-22)25(29)21-8-7-11-23(15-21)33(30,31)27-16-19(2)32-20(3)17-27/h7-8,11-15,19-20,22H,4-6,9-10,16-17H2,1-3H3. The van der Waals surface area contributed by atoms with Crippen molar-refractivity contribution in [1.82, 2.24) is 8.87 Å². The number of carbonyl (C=O) groups is 1. The largest absolute Gasteiger partial charge is 0.373 e. The molecule has 0 N–H and O–H groups in total. The molecule has 4 rings (SSSR count). The van der Waals surface area contributed by atoms with Crippen molar-refractivity contribution in [3.05, 3.63) is 59.2 Å². The fourth-order valence-electron chi connectivity index (χ4n) is 4.66. The zero-order valence-electron chi connectivity index (χ0n) is 19.6. The Bertz CT molecular complexity index is 1170. The minimum absolute atomic E-state index is 0.119. The van der Waals surface area contributed by atoms with Gasteiger partial charge in [0.2, 0.25) is 10.0 Å². The van der Waals surface area contributed by atoms with Crippen LogP contribution < -0.4 is 5.49 Å². The van der Waals surface area contributed by atoms with Gasteiger partial charge in [0, 0.05) is 24.8 Å². The summed E-state index contributed by atoms with van der Waals surface area (Å²) in [6.07, 6.45) is 6.99. The number of rotatable bonds is 4. The number of hydrogen-bond acceptors (Lipinski definition) is 5. The van der Waals surface area contributed by atoms with Crippen LogP contribution in [0.4, 0.5) is 0 Å². The summed E-state index contributed by atoms with van der Waals surface area (Å²) in [7, 11) is -3.74. The van der Waals surface area contributed by atoms with Crippen LogP contribution in [0.25, 0.3) is 0 Å². The molecule has 0 amide bonds. The molecule has 2 aliphatic rings. The number of nitrogens with zero attached hydrogens (tertiary/aromatic N) is 3. The summed E-state index contributed by atoms with van der Waals surface area (Å²) in [6.45, 7) is 6.29. The molecule has 2 fully saturated rings. The molecule has 0 radical (unpaired) electrons. The Labute approximate surface area is 196 Å². The fourth-order valence-corrected chi connectivity index (χ4v) is 6.30. The number of benzene rings is 1. The zero-order valence-corrected chi connectivity index (χ0v) is 20.4. The van der Waals surface area contributed by atoms with E-state index in [9.17, 15) is 13.2 Å². The third kappa shape index (κ3) is 5.45. The minimum Gasteiger partial charge on any atom is -0.373 e.